The van der Waals surface area contributed by atoms with Crippen LogP contribution in [0.15, 0.2) is 145 Å². The van der Waals surface area contributed by atoms with Gasteiger partial charge in [-0.15, -0.1) is 6.58 Å². The molecular formula is C68H86N4O12. The number of nitro benzene ring substituents is 1. The molecule has 1 saturated carbocycles. The third-order valence-corrected chi connectivity index (χ3v) is 16.6. The first-order chi connectivity index (χ1) is 41.2. The number of non-ortho nitro benzene ring substituents is 1. The minimum atomic E-state index is -1.64. The molecule has 1 aliphatic heterocycles. The number of hydrogen-bond donors (Lipinski definition) is 3. The minimum absolute atomic E-state index is 0.0125. The van der Waals surface area contributed by atoms with Crippen molar-refractivity contribution in [2.45, 2.75) is 154 Å². The summed E-state index contributed by atoms with van der Waals surface area (Å²) in [6.45, 7) is 7.38. The number of nitro groups is 1. The number of allylic oxidation sites excluding steroid dienone is 1. The van der Waals surface area contributed by atoms with Gasteiger partial charge in [0, 0.05) is 49.8 Å². The van der Waals surface area contributed by atoms with E-state index in [-0.39, 0.29) is 70.1 Å². The molecule has 0 bridgehead atoms. The third kappa shape index (κ3) is 16.8. The molecule has 0 saturated heterocycles. The normalized spacial score (nSPS) is 20.0. The quantitative estimate of drug-likeness (QED) is 0.0150. The molecule has 0 unspecified atom stereocenters. The molecule has 8 rings (SSSR count). The second kappa shape index (κ2) is 32.8. The van der Waals surface area contributed by atoms with Crippen LogP contribution in [0.25, 0.3) is 10.8 Å². The van der Waals surface area contributed by atoms with Crippen LogP contribution in [-0.2, 0) is 38.8 Å². The molecule has 0 aromatic heterocycles. The fraction of sp³-hybridized carbons (Fsp3) is 0.485. The first-order valence-electron chi connectivity index (χ1n) is 30.6. The highest BCUT2D eigenvalue weighted by Crippen LogP contribution is 2.62. The Kier molecular flexibility index (Phi) is 24.6. The Hall–Kier alpha value is -7.11. The van der Waals surface area contributed by atoms with Gasteiger partial charge in [-0.3, -0.25) is 15.0 Å². The van der Waals surface area contributed by atoms with Crippen molar-refractivity contribution in [3.63, 3.8) is 0 Å². The van der Waals surface area contributed by atoms with Crippen molar-refractivity contribution in [2.75, 3.05) is 39.6 Å². The standard InChI is InChI=1S/C68H86N4O12/c1-3-5-6-7-8-9-10-11-12-20-38-69-66(75)83-56-36-37-62-60(45-56)64-58(31-19-22-40-74)53(27-18-21-39-73)44-59-61(70-82-49-51-32-34-55(35-33-51)72(77)78)46-63(68(84-62,65(59)64)81-41-4-2)71(47-54-29-23-28-52-26-16-17-30-57(52)54)67(76)80-43-42-79-48-50-24-14-13-15-25-50/h4,13-17,23-26,28-30,32-37,44-45,53,58,63-65,73-74H,2-3,5-12,18-22,27,31,38-43,46-49H2,1H3,(H,69,75)/t53-,58+,63-,64+,65+,68+/m0/s1. The lowest BCUT2D eigenvalue weighted by atomic mass is 9.55. The van der Waals surface area contributed by atoms with Crippen LogP contribution < -0.4 is 14.8 Å². The van der Waals surface area contributed by atoms with Gasteiger partial charge in [0.15, 0.2) is 0 Å². The van der Waals surface area contributed by atoms with Gasteiger partial charge in [-0.05, 0) is 107 Å². The minimum Gasteiger partial charge on any atom is -0.459 e. The predicted octanol–water partition coefficient (Wildman–Crippen LogP) is 14.4. The number of aliphatic hydroxyl groups is 2. The number of carbonyl (C=O) groups excluding carboxylic acids is 2. The number of benzene rings is 5. The van der Waals surface area contributed by atoms with E-state index in [0.717, 1.165) is 65.1 Å². The smallest absolute Gasteiger partial charge is 0.412 e. The lowest BCUT2D eigenvalue weighted by Crippen LogP contribution is -2.70. The second-order valence-electron chi connectivity index (χ2n) is 22.4. The summed E-state index contributed by atoms with van der Waals surface area (Å²) in [6, 6.07) is 34.4. The van der Waals surface area contributed by atoms with E-state index in [1.165, 1.54) is 57.1 Å². The van der Waals surface area contributed by atoms with E-state index in [9.17, 15) is 25.1 Å². The average molecular weight is 1150 g/mol. The maximum absolute atomic E-state index is 15.4. The number of ether oxygens (including phenoxy) is 5. The van der Waals surface area contributed by atoms with Crippen LogP contribution in [0.2, 0.25) is 0 Å². The van der Waals surface area contributed by atoms with E-state index in [1.54, 1.807) is 29.2 Å². The highest BCUT2D eigenvalue weighted by Gasteiger charge is 2.66. The average Bonchev–Trinajstić information content (AvgIpc) is 0.732. The van der Waals surface area contributed by atoms with Crippen molar-refractivity contribution in [2.24, 2.45) is 22.9 Å². The Balaban J connectivity index is 1.20. The number of nitrogens with zero attached hydrogens (tertiary/aromatic N) is 3. The van der Waals surface area contributed by atoms with Crippen molar-refractivity contribution in [3.05, 3.63) is 172 Å². The third-order valence-electron chi connectivity index (χ3n) is 16.6. The summed E-state index contributed by atoms with van der Waals surface area (Å²) < 4.78 is 33.2. The van der Waals surface area contributed by atoms with Crippen LogP contribution in [-0.4, -0.2) is 89.3 Å². The Morgan fingerprint density at radius 1 is 0.810 bits per heavy atom. The summed E-state index contributed by atoms with van der Waals surface area (Å²) in [5.41, 5.74) is 4.59. The van der Waals surface area contributed by atoms with E-state index in [2.05, 4.69) is 24.9 Å². The van der Waals surface area contributed by atoms with Crippen LogP contribution in [0.3, 0.4) is 0 Å². The molecule has 5 aromatic rings. The fourth-order valence-electron chi connectivity index (χ4n) is 12.5. The van der Waals surface area contributed by atoms with E-state index in [4.69, 9.17) is 33.7 Å². The molecule has 1 fully saturated rings. The molecule has 84 heavy (non-hydrogen) atoms. The highest BCUT2D eigenvalue weighted by molar-refractivity contribution is 6.03. The molecule has 1 heterocycles. The number of nitrogens with one attached hydrogen (secondary N) is 1. The molecule has 450 valence electrons. The van der Waals surface area contributed by atoms with Crippen LogP contribution in [0, 0.1) is 27.9 Å². The summed E-state index contributed by atoms with van der Waals surface area (Å²) in [4.78, 5) is 48.2. The molecule has 2 amide bonds. The lowest BCUT2D eigenvalue weighted by Gasteiger charge is -2.59. The molecule has 3 aliphatic rings. The van der Waals surface area contributed by atoms with Crippen molar-refractivity contribution in [3.8, 4) is 11.5 Å². The molecule has 3 N–H and O–H groups in total. The maximum atomic E-state index is 15.4. The molecule has 16 heteroatoms. The largest absolute Gasteiger partial charge is 0.459 e. The number of unbranched alkanes of at least 4 members (excludes halogenated alkanes) is 11. The highest BCUT2D eigenvalue weighted by atomic mass is 16.7. The predicted molar refractivity (Wildman–Crippen MR) is 326 cm³/mol. The Labute approximate surface area is 495 Å². The van der Waals surface area contributed by atoms with Crippen LogP contribution >= 0.6 is 0 Å². The van der Waals surface area contributed by atoms with Gasteiger partial charge in [0.25, 0.3) is 5.69 Å². The van der Waals surface area contributed by atoms with Crippen molar-refractivity contribution in [1.82, 2.24) is 10.2 Å². The number of amides is 2. The monoisotopic (exact) mass is 1150 g/mol. The fourth-order valence-corrected chi connectivity index (χ4v) is 12.5. The summed E-state index contributed by atoms with van der Waals surface area (Å²) in [5, 5.41) is 41.8. The van der Waals surface area contributed by atoms with E-state index in [0.29, 0.717) is 61.6 Å². The van der Waals surface area contributed by atoms with E-state index in [1.807, 2.05) is 84.9 Å². The first-order valence-corrected chi connectivity index (χ1v) is 30.6. The maximum Gasteiger partial charge on any atom is 0.412 e. The zero-order valence-corrected chi connectivity index (χ0v) is 48.9. The van der Waals surface area contributed by atoms with Crippen LogP contribution in [0.5, 0.6) is 11.5 Å². The van der Waals surface area contributed by atoms with Gasteiger partial charge in [-0.2, -0.15) is 0 Å². The Morgan fingerprint density at radius 2 is 1.51 bits per heavy atom. The van der Waals surface area contributed by atoms with E-state index < -0.39 is 40.8 Å². The first kappa shape index (κ1) is 62.9. The van der Waals surface area contributed by atoms with Crippen molar-refractivity contribution in [1.29, 1.82) is 0 Å². The molecule has 6 atom stereocenters. The SMILES string of the molecule is C=CCO[C@@]12Oc3ccc(OC(=O)NCCCCCCCCCCCC)cc3[C@H]3[C@H](CCCCO)[C@@H](CCCCO)C=C(C(=NOCc4ccc([N+](=O)[O-])cc4)C[C@@H]1N(Cc1cccc4ccccc14)C(=O)OCCOCc1ccccc1)[C@H]32. The molecule has 16 nitrogen and oxygen atoms in total. The Bertz CT molecular complexity index is 2950. The van der Waals surface area contributed by atoms with Gasteiger partial charge >= 0.3 is 12.2 Å². The van der Waals surface area contributed by atoms with Gasteiger partial charge < -0.3 is 44.1 Å². The van der Waals surface area contributed by atoms with Crippen molar-refractivity contribution >= 4 is 34.4 Å². The summed E-state index contributed by atoms with van der Waals surface area (Å²) in [6.07, 6.45) is 18.7. The zero-order valence-electron chi connectivity index (χ0n) is 48.9. The number of rotatable bonds is 35. The van der Waals surface area contributed by atoms with Gasteiger partial charge in [0.1, 0.15) is 30.8 Å². The van der Waals surface area contributed by atoms with Crippen molar-refractivity contribution < 1.29 is 53.2 Å². The second-order valence-corrected chi connectivity index (χ2v) is 22.4. The number of oxime groups is 1. The topological polar surface area (TPSA) is 201 Å². The molecule has 0 radical (unpaired) electrons. The molecule has 2 aliphatic carbocycles. The van der Waals surface area contributed by atoms with Gasteiger partial charge in [-0.1, -0.05) is 168 Å². The summed E-state index contributed by atoms with van der Waals surface area (Å²) >= 11 is 0. The summed E-state index contributed by atoms with van der Waals surface area (Å²) in [5.74, 6) is -2.10. The van der Waals surface area contributed by atoms with Gasteiger partial charge in [-0.25, -0.2) is 9.59 Å². The molecule has 5 aromatic carbocycles. The number of fused-ring (bicyclic) bond motifs is 3. The van der Waals surface area contributed by atoms with Crippen LogP contribution in [0.4, 0.5) is 15.3 Å². The number of carbonyl (C=O) groups is 2. The number of aliphatic hydroxyl groups excluding tert-OH is 2. The Morgan fingerprint density at radius 3 is 2.25 bits per heavy atom. The number of hydrogen-bond acceptors (Lipinski definition) is 13. The van der Waals surface area contributed by atoms with Gasteiger partial charge in [0.2, 0.25) is 5.79 Å². The summed E-state index contributed by atoms with van der Waals surface area (Å²) in [7, 11) is 0. The lowest BCUT2D eigenvalue weighted by molar-refractivity contribution is -0.384. The van der Waals surface area contributed by atoms with E-state index >= 15 is 4.79 Å². The zero-order chi connectivity index (χ0) is 58.9. The molecule has 0 spiro atoms. The van der Waals surface area contributed by atoms with Crippen LogP contribution in [0.1, 0.15) is 144 Å². The van der Waals surface area contributed by atoms with Gasteiger partial charge in [0.05, 0.1) is 42.9 Å². The molecular weight excluding hydrogens is 1060 g/mol.